The number of amides is 2. The molecule has 148 valence electrons. The van der Waals surface area contributed by atoms with Gasteiger partial charge in [0.1, 0.15) is 0 Å². The Hall–Kier alpha value is -1.88. The lowest BCUT2D eigenvalue weighted by molar-refractivity contribution is -0.142. The minimum absolute atomic E-state index is 0.0976. The van der Waals surface area contributed by atoms with Crippen LogP contribution in [0.1, 0.15) is 46.5 Å². The number of rotatable bonds is 4. The van der Waals surface area contributed by atoms with Crippen molar-refractivity contribution in [3.63, 3.8) is 0 Å². The second kappa shape index (κ2) is 8.42. The van der Waals surface area contributed by atoms with Gasteiger partial charge >= 0.3 is 0 Å². The van der Waals surface area contributed by atoms with E-state index in [2.05, 4.69) is 10.2 Å². The highest BCUT2D eigenvalue weighted by atomic mass is 16.2. The topological polar surface area (TPSA) is 52.7 Å². The van der Waals surface area contributed by atoms with E-state index in [0.717, 1.165) is 31.6 Å². The lowest BCUT2D eigenvalue weighted by atomic mass is 9.93. The summed E-state index contributed by atoms with van der Waals surface area (Å²) in [5, 5.41) is 3.11. The van der Waals surface area contributed by atoms with E-state index in [1.807, 2.05) is 56.0 Å². The summed E-state index contributed by atoms with van der Waals surface area (Å²) in [6.45, 7) is 8.86. The van der Waals surface area contributed by atoms with Gasteiger partial charge in [-0.05, 0) is 30.9 Å². The van der Waals surface area contributed by atoms with Gasteiger partial charge in [-0.3, -0.25) is 14.5 Å². The van der Waals surface area contributed by atoms with Gasteiger partial charge in [0.15, 0.2) is 0 Å². The molecule has 1 unspecified atom stereocenters. The van der Waals surface area contributed by atoms with Crippen LogP contribution in [0.25, 0.3) is 0 Å². The summed E-state index contributed by atoms with van der Waals surface area (Å²) < 4.78 is 0. The Morgan fingerprint density at radius 1 is 1.00 bits per heavy atom. The van der Waals surface area contributed by atoms with E-state index in [0.29, 0.717) is 19.0 Å². The second-order valence-corrected chi connectivity index (χ2v) is 8.92. The number of benzene rings is 1. The molecule has 1 saturated carbocycles. The third-order valence-electron chi connectivity index (χ3n) is 5.79. The van der Waals surface area contributed by atoms with E-state index in [9.17, 15) is 9.59 Å². The first-order chi connectivity index (χ1) is 12.9. The van der Waals surface area contributed by atoms with Gasteiger partial charge < -0.3 is 10.2 Å². The Bertz CT molecular complexity index is 639. The summed E-state index contributed by atoms with van der Waals surface area (Å²) in [7, 11) is 0. The minimum atomic E-state index is -0.349. The summed E-state index contributed by atoms with van der Waals surface area (Å²) in [6, 6.07) is 9.61. The van der Waals surface area contributed by atoms with Gasteiger partial charge in [-0.15, -0.1) is 0 Å². The first kappa shape index (κ1) is 19.9. The number of hydrogen-bond acceptors (Lipinski definition) is 3. The monoisotopic (exact) mass is 371 g/mol. The lowest BCUT2D eigenvalue weighted by Gasteiger charge is -2.42. The average Bonchev–Trinajstić information content (AvgIpc) is 3.16. The van der Waals surface area contributed by atoms with E-state index in [1.165, 1.54) is 12.8 Å². The van der Waals surface area contributed by atoms with Crippen molar-refractivity contribution in [3.8, 4) is 0 Å². The average molecular weight is 372 g/mol. The Balaban J connectivity index is 1.67. The summed E-state index contributed by atoms with van der Waals surface area (Å²) in [5.41, 5.74) is 0.504. The fraction of sp³-hybridized carbons (Fsp3) is 0.636. The Morgan fingerprint density at radius 3 is 2.15 bits per heavy atom. The van der Waals surface area contributed by atoms with Crippen LogP contribution in [0.2, 0.25) is 0 Å². The first-order valence-electron chi connectivity index (χ1n) is 10.3. The molecule has 0 bridgehead atoms. The molecule has 2 fully saturated rings. The van der Waals surface area contributed by atoms with Gasteiger partial charge in [0.25, 0.3) is 0 Å². The summed E-state index contributed by atoms with van der Waals surface area (Å²) >= 11 is 0. The van der Waals surface area contributed by atoms with Crippen molar-refractivity contribution in [2.75, 3.05) is 31.5 Å². The first-order valence-corrected chi connectivity index (χ1v) is 10.3. The van der Waals surface area contributed by atoms with Crippen LogP contribution in [0.5, 0.6) is 0 Å². The van der Waals surface area contributed by atoms with E-state index >= 15 is 0 Å². The zero-order valence-corrected chi connectivity index (χ0v) is 16.9. The van der Waals surface area contributed by atoms with Crippen LogP contribution >= 0.6 is 0 Å². The van der Waals surface area contributed by atoms with Crippen LogP contribution in [0.4, 0.5) is 5.69 Å². The summed E-state index contributed by atoms with van der Waals surface area (Å²) in [6.07, 6.45) is 4.66. The van der Waals surface area contributed by atoms with Crippen LogP contribution in [0.3, 0.4) is 0 Å². The van der Waals surface area contributed by atoms with Crippen LogP contribution in [0, 0.1) is 11.3 Å². The lowest BCUT2D eigenvalue weighted by Crippen LogP contribution is -2.58. The maximum atomic E-state index is 13.1. The quantitative estimate of drug-likeness (QED) is 0.883. The van der Waals surface area contributed by atoms with Crippen LogP contribution < -0.4 is 5.32 Å². The number of nitrogens with zero attached hydrogens (tertiary/aromatic N) is 2. The van der Waals surface area contributed by atoms with Gasteiger partial charge in [0.05, 0.1) is 6.04 Å². The largest absolute Gasteiger partial charge is 0.340 e. The molecule has 1 heterocycles. The Kier molecular flexibility index (Phi) is 6.20. The highest BCUT2D eigenvalue weighted by Crippen LogP contribution is 2.32. The molecule has 2 amide bonds. The molecular weight excluding hydrogens is 338 g/mol. The third-order valence-corrected chi connectivity index (χ3v) is 5.79. The van der Waals surface area contributed by atoms with Crippen LogP contribution in [0.15, 0.2) is 30.3 Å². The predicted octanol–water partition coefficient (Wildman–Crippen LogP) is 3.37. The Labute approximate surface area is 163 Å². The number of anilines is 1. The molecule has 0 aromatic heterocycles. The van der Waals surface area contributed by atoms with Crippen LogP contribution in [-0.2, 0) is 9.59 Å². The van der Waals surface area contributed by atoms with Gasteiger partial charge in [0.2, 0.25) is 11.8 Å². The van der Waals surface area contributed by atoms with Crippen molar-refractivity contribution in [1.82, 2.24) is 9.80 Å². The Morgan fingerprint density at radius 2 is 1.59 bits per heavy atom. The molecule has 1 aromatic rings. The number of piperazine rings is 1. The zero-order valence-electron chi connectivity index (χ0n) is 16.9. The van der Waals surface area contributed by atoms with E-state index < -0.39 is 0 Å². The molecule has 1 aliphatic heterocycles. The fourth-order valence-electron chi connectivity index (χ4n) is 4.37. The fourth-order valence-corrected chi connectivity index (χ4v) is 4.37. The standard InChI is InChI=1S/C22H33N3O2/c1-22(2,3)21(27)25-15-13-24(14-16-25)19(17-9-7-8-10-17)20(26)23-18-11-5-4-6-12-18/h4-6,11-12,17,19H,7-10,13-16H2,1-3H3,(H,23,26). The number of nitrogens with one attached hydrogen (secondary N) is 1. The second-order valence-electron chi connectivity index (χ2n) is 8.92. The molecule has 1 atom stereocenters. The van der Waals surface area contributed by atoms with Crippen molar-refractivity contribution in [2.45, 2.75) is 52.5 Å². The predicted molar refractivity (Wildman–Crippen MR) is 108 cm³/mol. The smallest absolute Gasteiger partial charge is 0.242 e. The molecule has 5 nitrogen and oxygen atoms in total. The van der Waals surface area contributed by atoms with Gasteiger partial charge in [-0.1, -0.05) is 51.8 Å². The molecule has 1 saturated heterocycles. The minimum Gasteiger partial charge on any atom is -0.340 e. The summed E-state index contributed by atoms with van der Waals surface area (Å²) in [4.78, 5) is 30.0. The number of carbonyl (C=O) groups excluding carboxylic acids is 2. The third kappa shape index (κ3) is 4.89. The summed E-state index contributed by atoms with van der Waals surface area (Å²) in [5.74, 6) is 0.718. The maximum Gasteiger partial charge on any atom is 0.242 e. The molecule has 1 N–H and O–H groups in total. The molecule has 3 rings (SSSR count). The molecule has 27 heavy (non-hydrogen) atoms. The SMILES string of the molecule is CC(C)(C)C(=O)N1CCN(C(C(=O)Nc2ccccc2)C2CCCC2)CC1. The van der Waals surface area contributed by atoms with Crippen LogP contribution in [-0.4, -0.2) is 53.8 Å². The molecule has 2 aliphatic rings. The van der Waals surface area contributed by atoms with Gasteiger partial charge in [0, 0.05) is 37.3 Å². The number of hydrogen-bond donors (Lipinski definition) is 1. The molecule has 0 spiro atoms. The van der Waals surface area contributed by atoms with E-state index in [-0.39, 0.29) is 23.3 Å². The van der Waals surface area contributed by atoms with Gasteiger partial charge in [-0.2, -0.15) is 0 Å². The number of para-hydroxylation sites is 1. The van der Waals surface area contributed by atoms with E-state index in [4.69, 9.17) is 0 Å². The molecule has 1 aromatic carbocycles. The van der Waals surface area contributed by atoms with Crippen molar-refractivity contribution >= 4 is 17.5 Å². The molecule has 0 radical (unpaired) electrons. The highest BCUT2D eigenvalue weighted by molar-refractivity contribution is 5.95. The molecular formula is C22H33N3O2. The van der Waals surface area contributed by atoms with Gasteiger partial charge in [-0.25, -0.2) is 0 Å². The van der Waals surface area contributed by atoms with Crippen molar-refractivity contribution < 1.29 is 9.59 Å². The van der Waals surface area contributed by atoms with Crippen molar-refractivity contribution in [3.05, 3.63) is 30.3 Å². The normalized spacial score (nSPS) is 20.5. The number of carbonyl (C=O) groups is 2. The van der Waals surface area contributed by atoms with E-state index in [1.54, 1.807) is 0 Å². The van der Waals surface area contributed by atoms with Crippen molar-refractivity contribution in [2.24, 2.45) is 11.3 Å². The maximum absolute atomic E-state index is 13.1. The van der Waals surface area contributed by atoms with Crippen molar-refractivity contribution in [1.29, 1.82) is 0 Å². The highest BCUT2D eigenvalue weighted by Gasteiger charge is 2.38. The molecule has 5 heteroatoms. The zero-order chi connectivity index (χ0) is 19.4. The molecule has 1 aliphatic carbocycles.